The molecule has 2 aromatic heterocycles. The minimum absolute atomic E-state index is 0.620. The maximum atomic E-state index is 5.22. The minimum Gasteiger partial charge on any atom is -0.208 e. The number of rotatable bonds is 8. The average Bonchev–Trinajstić information content (AvgIpc) is 3.78. The second kappa shape index (κ2) is 16.4. The highest BCUT2D eigenvalue weighted by molar-refractivity contribution is 7.25. The quantitative estimate of drug-likeness (QED) is 0.153. The van der Waals surface area contributed by atoms with Crippen molar-refractivity contribution in [3.63, 3.8) is 0 Å². The van der Waals surface area contributed by atoms with Crippen molar-refractivity contribution in [1.82, 2.24) is 15.0 Å². The molecule has 0 saturated heterocycles. The Morgan fingerprint density at radius 2 is 0.585 bits per heavy atom. The van der Waals surface area contributed by atoms with Crippen LogP contribution < -0.4 is 0 Å². The van der Waals surface area contributed by atoms with E-state index in [1.54, 1.807) is 0 Å². The first-order valence-corrected chi connectivity index (χ1v) is 22.7. The summed E-state index contributed by atoms with van der Waals surface area (Å²) in [7, 11) is 0. The van der Waals surface area contributed by atoms with Crippen LogP contribution in [0.15, 0.2) is 237 Å². The van der Waals surface area contributed by atoms with Gasteiger partial charge in [0.2, 0.25) is 0 Å². The summed E-state index contributed by atoms with van der Waals surface area (Å²) in [5.41, 5.74) is 14.4. The highest BCUT2D eigenvalue weighted by atomic mass is 32.1. The second-order valence-corrected chi connectivity index (χ2v) is 17.4. The van der Waals surface area contributed by atoms with Crippen LogP contribution in [0.5, 0.6) is 0 Å². The monoisotopic (exact) mass is 845 g/mol. The standard InChI is InChI=1S/C61H39N3S/c1-3-16-40(17-4-1)46-20-7-11-24-53(46)60-62-59(63-61(64-60)54-25-12-8-21-47(54)41-18-5-2-6-19-41)45-36-34-43(35-37-45)49-39-38-48(51-22-9-10-23-52(49)51)42-30-32-44(33-31-42)50-27-15-29-57-58(50)55-26-13-14-28-56(55)65-57/h1-39H. The second-order valence-electron chi connectivity index (χ2n) is 16.3. The molecule has 0 unspecified atom stereocenters. The fraction of sp³-hybridized carbons (Fsp3) is 0. The molecular formula is C61H39N3S. The van der Waals surface area contributed by atoms with E-state index in [2.05, 4.69) is 224 Å². The van der Waals surface area contributed by atoms with Crippen LogP contribution >= 0.6 is 11.3 Å². The van der Waals surface area contributed by atoms with E-state index in [1.807, 2.05) is 23.5 Å². The van der Waals surface area contributed by atoms with E-state index in [0.29, 0.717) is 17.5 Å². The van der Waals surface area contributed by atoms with E-state index in [4.69, 9.17) is 15.0 Å². The molecule has 0 aliphatic carbocycles. The highest BCUT2D eigenvalue weighted by Gasteiger charge is 2.19. The topological polar surface area (TPSA) is 38.7 Å². The van der Waals surface area contributed by atoms with Gasteiger partial charge in [0.1, 0.15) is 0 Å². The maximum Gasteiger partial charge on any atom is 0.164 e. The van der Waals surface area contributed by atoms with Crippen molar-refractivity contribution in [1.29, 1.82) is 0 Å². The van der Waals surface area contributed by atoms with Gasteiger partial charge in [-0.05, 0) is 78.5 Å². The molecule has 0 atom stereocenters. The number of aromatic nitrogens is 3. The van der Waals surface area contributed by atoms with Gasteiger partial charge in [-0.1, -0.05) is 224 Å². The third-order valence-electron chi connectivity index (χ3n) is 12.4. The van der Waals surface area contributed by atoms with Gasteiger partial charge in [-0.3, -0.25) is 0 Å². The molecule has 3 nitrogen and oxygen atoms in total. The minimum atomic E-state index is 0.620. The Morgan fingerprint density at radius 1 is 0.215 bits per heavy atom. The molecule has 304 valence electrons. The van der Waals surface area contributed by atoms with Gasteiger partial charge in [-0.15, -0.1) is 11.3 Å². The predicted molar refractivity (Wildman–Crippen MR) is 274 cm³/mol. The van der Waals surface area contributed by atoms with Gasteiger partial charge in [-0.2, -0.15) is 0 Å². The Bertz CT molecular complexity index is 3590. The number of fused-ring (bicyclic) bond motifs is 4. The predicted octanol–water partition coefficient (Wildman–Crippen LogP) is 16.7. The van der Waals surface area contributed by atoms with Gasteiger partial charge < -0.3 is 0 Å². The molecule has 0 saturated carbocycles. The number of hydrogen-bond acceptors (Lipinski definition) is 4. The molecular weight excluding hydrogens is 807 g/mol. The molecule has 2 heterocycles. The molecule has 0 bridgehead atoms. The first-order chi connectivity index (χ1) is 32.2. The molecule has 65 heavy (non-hydrogen) atoms. The van der Waals surface area contributed by atoms with Gasteiger partial charge in [0, 0.05) is 36.9 Å². The Labute approximate surface area is 381 Å². The zero-order valence-corrected chi connectivity index (χ0v) is 36.1. The molecule has 12 aromatic rings. The third-order valence-corrected chi connectivity index (χ3v) is 13.6. The lowest BCUT2D eigenvalue weighted by atomic mass is 9.91. The van der Waals surface area contributed by atoms with E-state index in [9.17, 15) is 0 Å². The summed E-state index contributed by atoms with van der Waals surface area (Å²) >= 11 is 1.86. The smallest absolute Gasteiger partial charge is 0.164 e. The lowest BCUT2D eigenvalue weighted by Crippen LogP contribution is -2.02. The van der Waals surface area contributed by atoms with E-state index >= 15 is 0 Å². The van der Waals surface area contributed by atoms with Crippen molar-refractivity contribution in [3.8, 4) is 89.8 Å². The lowest BCUT2D eigenvalue weighted by Gasteiger charge is -2.15. The van der Waals surface area contributed by atoms with Crippen LogP contribution in [0.4, 0.5) is 0 Å². The van der Waals surface area contributed by atoms with Crippen molar-refractivity contribution in [3.05, 3.63) is 237 Å². The molecule has 0 spiro atoms. The molecule has 12 rings (SSSR count). The zero-order chi connectivity index (χ0) is 43.1. The average molecular weight is 846 g/mol. The summed E-state index contributed by atoms with van der Waals surface area (Å²) in [4.78, 5) is 15.7. The van der Waals surface area contributed by atoms with Crippen molar-refractivity contribution >= 4 is 42.3 Å². The third kappa shape index (κ3) is 7.07. The molecule has 0 N–H and O–H groups in total. The molecule has 0 radical (unpaired) electrons. The first-order valence-electron chi connectivity index (χ1n) is 21.9. The van der Waals surface area contributed by atoms with E-state index < -0.39 is 0 Å². The van der Waals surface area contributed by atoms with Crippen LogP contribution in [-0.4, -0.2) is 15.0 Å². The Morgan fingerprint density at radius 3 is 1.12 bits per heavy atom. The van der Waals surface area contributed by atoms with Crippen molar-refractivity contribution < 1.29 is 0 Å². The summed E-state index contributed by atoms with van der Waals surface area (Å²) in [5.74, 6) is 1.88. The summed E-state index contributed by atoms with van der Waals surface area (Å²) in [6, 6.07) is 84.0. The Balaban J connectivity index is 0.924. The number of hydrogen-bond donors (Lipinski definition) is 0. The Kier molecular flexibility index (Phi) is 9.70. The van der Waals surface area contributed by atoms with Crippen LogP contribution in [0.2, 0.25) is 0 Å². The van der Waals surface area contributed by atoms with Crippen LogP contribution in [-0.2, 0) is 0 Å². The lowest BCUT2D eigenvalue weighted by molar-refractivity contribution is 1.07. The number of benzene rings is 10. The van der Waals surface area contributed by atoms with Gasteiger partial charge >= 0.3 is 0 Å². The SMILES string of the molecule is c1ccc(-c2ccccc2-c2nc(-c3ccc(-c4ccc(-c5ccc(-c6cccc7sc8ccccc8c67)cc5)c5ccccc45)cc3)nc(-c3ccccc3-c3ccccc3)n2)cc1. The molecule has 0 amide bonds. The molecule has 4 heteroatoms. The normalized spacial score (nSPS) is 11.4. The van der Waals surface area contributed by atoms with E-state index in [0.717, 1.165) is 44.5 Å². The summed E-state index contributed by atoms with van der Waals surface area (Å²) in [6.45, 7) is 0. The molecule has 0 fully saturated rings. The molecule has 0 aliphatic heterocycles. The van der Waals surface area contributed by atoms with Crippen molar-refractivity contribution in [2.45, 2.75) is 0 Å². The van der Waals surface area contributed by atoms with Crippen LogP contribution in [0.1, 0.15) is 0 Å². The fourth-order valence-corrected chi connectivity index (χ4v) is 10.4. The molecule has 10 aromatic carbocycles. The largest absolute Gasteiger partial charge is 0.208 e. The number of thiophene rings is 1. The van der Waals surface area contributed by atoms with Gasteiger partial charge in [-0.25, -0.2) is 15.0 Å². The van der Waals surface area contributed by atoms with Crippen LogP contribution in [0.25, 0.3) is 121 Å². The van der Waals surface area contributed by atoms with Gasteiger partial charge in [0.05, 0.1) is 0 Å². The van der Waals surface area contributed by atoms with Crippen LogP contribution in [0.3, 0.4) is 0 Å². The molecule has 0 aliphatic rings. The van der Waals surface area contributed by atoms with Gasteiger partial charge in [0.15, 0.2) is 17.5 Å². The van der Waals surface area contributed by atoms with Crippen molar-refractivity contribution in [2.75, 3.05) is 0 Å². The van der Waals surface area contributed by atoms with Gasteiger partial charge in [0.25, 0.3) is 0 Å². The summed E-state index contributed by atoms with van der Waals surface area (Å²) in [5, 5.41) is 5.07. The van der Waals surface area contributed by atoms with E-state index in [-0.39, 0.29) is 0 Å². The highest BCUT2D eigenvalue weighted by Crippen LogP contribution is 2.42. The zero-order valence-electron chi connectivity index (χ0n) is 35.3. The summed E-state index contributed by atoms with van der Waals surface area (Å²) < 4.78 is 2.64. The maximum absolute atomic E-state index is 5.22. The van der Waals surface area contributed by atoms with Crippen molar-refractivity contribution in [2.24, 2.45) is 0 Å². The van der Waals surface area contributed by atoms with Crippen LogP contribution in [0, 0.1) is 0 Å². The first kappa shape index (κ1) is 38.4. The summed E-state index contributed by atoms with van der Waals surface area (Å²) in [6.07, 6.45) is 0. The fourth-order valence-electron chi connectivity index (χ4n) is 9.29. The number of nitrogens with zero attached hydrogens (tertiary/aromatic N) is 3. The Hall–Kier alpha value is -8.31. The van der Waals surface area contributed by atoms with E-state index in [1.165, 1.54) is 58.8 Å².